The Morgan fingerprint density at radius 3 is 1.07 bits per heavy atom. The molecule has 0 spiro atoms. The number of carbonyl (C=O) groups is 4. The number of allylic oxidation sites excluding steroid dienone is 2. The van der Waals surface area contributed by atoms with Gasteiger partial charge in [-0.1, -0.05) is 88.8 Å². The fraction of sp³-hybridized carbons (Fsp3) is 0.240. The molecule has 0 aliphatic heterocycles. The second-order valence-corrected chi connectivity index (χ2v) is 13.8. The summed E-state index contributed by atoms with van der Waals surface area (Å²) in [6, 6.07) is 33.8. The summed E-state index contributed by atoms with van der Waals surface area (Å²) < 4.78 is 22.5. The van der Waals surface area contributed by atoms with Crippen LogP contribution in [-0.2, 0) is 0 Å². The fourth-order valence-corrected chi connectivity index (χ4v) is 5.77. The maximum Gasteiger partial charge on any atom is 0.343 e. The normalized spacial score (nSPS) is 11.1. The van der Waals surface area contributed by atoms with Gasteiger partial charge in [-0.05, 0) is 133 Å². The number of hydrogen-bond donors (Lipinski definition) is 0. The molecule has 0 amide bonds. The minimum atomic E-state index is -0.590. The number of esters is 2. The van der Waals surface area contributed by atoms with E-state index in [0.717, 1.165) is 48.3 Å². The Balaban J connectivity index is 1.04. The smallest absolute Gasteiger partial charge is 0.343 e. The molecule has 5 rings (SSSR count). The van der Waals surface area contributed by atoms with E-state index in [1.54, 1.807) is 84.9 Å². The van der Waals surface area contributed by atoms with E-state index in [2.05, 4.69) is 13.8 Å². The van der Waals surface area contributed by atoms with Crippen molar-refractivity contribution < 1.29 is 38.1 Å². The first kappa shape index (κ1) is 42.6. The minimum absolute atomic E-state index is 0.134. The molecule has 5 aromatic rings. The third-order valence-electron chi connectivity index (χ3n) is 9.20. The number of unbranched alkanes of at least 4 members (excludes halogenated alkanes) is 6. The highest BCUT2D eigenvalue weighted by atomic mass is 16.5. The van der Waals surface area contributed by atoms with Crippen molar-refractivity contribution in [2.24, 2.45) is 0 Å². The molecule has 298 valence electrons. The quantitative estimate of drug-likeness (QED) is 0.0225. The molecule has 0 fully saturated rings. The lowest BCUT2D eigenvalue weighted by molar-refractivity contribution is 0.0720. The first-order valence-electron chi connectivity index (χ1n) is 20.0. The zero-order chi connectivity index (χ0) is 41.0. The number of benzene rings is 5. The zero-order valence-corrected chi connectivity index (χ0v) is 33.2. The molecule has 0 radical (unpaired) electrons. The van der Waals surface area contributed by atoms with Crippen LogP contribution >= 0.6 is 0 Å². The molecule has 0 aliphatic rings. The molecule has 0 aliphatic carbocycles. The second kappa shape index (κ2) is 22.9. The molecule has 0 saturated heterocycles. The van der Waals surface area contributed by atoms with E-state index in [4.69, 9.17) is 18.9 Å². The van der Waals surface area contributed by atoms with Crippen LogP contribution in [0, 0.1) is 0 Å². The van der Waals surface area contributed by atoms with Crippen molar-refractivity contribution in [3.8, 4) is 23.0 Å². The van der Waals surface area contributed by atoms with E-state index in [1.807, 2.05) is 24.3 Å². The van der Waals surface area contributed by atoms with Crippen LogP contribution in [0.25, 0.3) is 12.2 Å². The Morgan fingerprint density at radius 2 is 0.724 bits per heavy atom. The summed E-state index contributed by atoms with van der Waals surface area (Å²) in [7, 11) is 0. The Labute approximate surface area is 341 Å². The number of rotatable bonds is 22. The average molecular weight is 779 g/mol. The molecule has 58 heavy (non-hydrogen) atoms. The highest BCUT2D eigenvalue weighted by Crippen LogP contribution is 2.20. The molecule has 0 unspecified atom stereocenters. The largest absolute Gasteiger partial charge is 0.494 e. The monoisotopic (exact) mass is 778 g/mol. The first-order chi connectivity index (χ1) is 28.3. The minimum Gasteiger partial charge on any atom is -0.494 e. The van der Waals surface area contributed by atoms with Gasteiger partial charge >= 0.3 is 11.9 Å². The molecular formula is C50H50O8. The van der Waals surface area contributed by atoms with Gasteiger partial charge < -0.3 is 18.9 Å². The summed E-state index contributed by atoms with van der Waals surface area (Å²) in [5, 5.41) is 0. The summed E-state index contributed by atoms with van der Waals surface area (Å²) in [6.45, 7) is 5.68. The van der Waals surface area contributed by atoms with Crippen LogP contribution < -0.4 is 18.9 Å². The lowest BCUT2D eigenvalue weighted by Gasteiger charge is -2.07. The maximum absolute atomic E-state index is 12.8. The van der Waals surface area contributed by atoms with Gasteiger partial charge in [0.05, 0.1) is 24.3 Å². The first-order valence-corrected chi connectivity index (χ1v) is 20.0. The molecule has 0 atom stereocenters. The van der Waals surface area contributed by atoms with Crippen LogP contribution in [0.4, 0.5) is 0 Å². The molecule has 8 nitrogen and oxygen atoms in total. The van der Waals surface area contributed by atoms with Crippen molar-refractivity contribution in [2.75, 3.05) is 13.2 Å². The number of ether oxygens (including phenoxy) is 4. The Morgan fingerprint density at radius 1 is 0.397 bits per heavy atom. The van der Waals surface area contributed by atoms with Crippen LogP contribution in [0.15, 0.2) is 133 Å². The van der Waals surface area contributed by atoms with Gasteiger partial charge in [0, 0.05) is 11.1 Å². The van der Waals surface area contributed by atoms with E-state index in [0.29, 0.717) is 35.8 Å². The van der Waals surface area contributed by atoms with Gasteiger partial charge in [-0.3, -0.25) is 9.59 Å². The van der Waals surface area contributed by atoms with Gasteiger partial charge in [0.15, 0.2) is 11.6 Å². The van der Waals surface area contributed by atoms with Crippen molar-refractivity contribution in [3.05, 3.63) is 167 Å². The zero-order valence-electron chi connectivity index (χ0n) is 33.2. The van der Waals surface area contributed by atoms with Crippen LogP contribution in [0.1, 0.15) is 118 Å². The summed E-state index contributed by atoms with van der Waals surface area (Å²) in [6.07, 6.45) is 15.5. The topological polar surface area (TPSA) is 105 Å². The summed E-state index contributed by atoms with van der Waals surface area (Å²) >= 11 is 0. The highest BCUT2D eigenvalue weighted by molar-refractivity contribution is 6.07. The fourth-order valence-electron chi connectivity index (χ4n) is 5.77. The van der Waals surface area contributed by atoms with E-state index < -0.39 is 11.9 Å². The van der Waals surface area contributed by atoms with E-state index in [9.17, 15) is 19.2 Å². The van der Waals surface area contributed by atoms with Crippen molar-refractivity contribution >= 4 is 35.7 Å². The van der Waals surface area contributed by atoms with E-state index in [-0.39, 0.29) is 22.7 Å². The van der Waals surface area contributed by atoms with Crippen LogP contribution in [-0.4, -0.2) is 36.7 Å². The Kier molecular flexibility index (Phi) is 16.8. The maximum atomic E-state index is 12.8. The third-order valence-corrected chi connectivity index (χ3v) is 9.20. The molecule has 0 N–H and O–H groups in total. The van der Waals surface area contributed by atoms with Gasteiger partial charge in [-0.2, -0.15) is 0 Å². The van der Waals surface area contributed by atoms with Crippen LogP contribution in [0.5, 0.6) is 23.0 Å². The van der Waals surface area contributed by atoms with Crippen LogP contribution in [0.2, 0.25) is 0 Å². The van der Waals surface area contributed by atoms with Crippen molar-refractivity contribution in [1.29, 1.82) is 0 Å². The van der Waals surface area contributed by atoms with E-state index >= 15 is 0 Å². The predicted molar refractivity (Wildman–Crippen MR) is 228 cm³/mol. The average Bonchev–Trinajstić information content (AvgIpc) is 3.26. The number of ketones is 2. The molecule has 0 saturated carbocycles. The van der Waals surface area contributed by atoms with Gasteiger partial charge in [0.1, 0.15) is 23.0 Å². The lowest BCUT2D eigenvalue weighted by Crippen LogP contribution is -2.11. The number of carbonyl (C=O) groups excluding carboxylic acids is 4. The molecular weight excluding hydrogens is 729 g/mol. The third kappa shape index (κ3) is 13.9. The van der Waals surface area contributed by atoms with Gasteiger partial charge in [0.2, 0.25) is 0 Å². The van der Waals surface area contributed by atoms with Crippen molar-refractivity contribution in [2.45, 2.75) is 65.2 Å². The molecule has 5 aromatic carbocycles. The molecule has 8 heteroatoms. The van der Waals surface area contributed by atoms with Gasteiger partial charge in [0.25, 0.3) is 0 Å². The summed E-state index contributed by atoms with van der Waals surface area (Å²) in [4.78, 5) is 51.0. The number of hydrogen-bond acceptors (Lipinski definition) is 8. The van der Waals surface area contributed by atoms with Gasteiger partial charge in [-0.15, -0.1) is 0 Å². The second-order valence-electron chi connectivity index (χ2n) is 13.8. The SMILES string of the molecule is CCCCCCOc1ccc(C(=O)/C=C/c2ccc(OC(=O)c3ccc(C(=O)Oc4ccc(/C=C/C(=O)c5ccc(OCCCCCC)cc5)cc4)cc3)cc2)cc1. The Hall–Kier alpha value is -6.54. The highest BCUT2D eigenvalue weighted by Gasteiger charge is 2.13. The lowest BCUT2D eigenvalue weighted by atomic mass is 10.1. The standard InChI is InChI=1S/C50H50O8/c1-3-5-7-9-35-55-43-29-21-39(22-30-43)47(51)33-15-37-11-25-45(26-12-37)57-49(53)41-17-19-42(20-18-41)50(54)58-46-27-13-38(14-28-46)16-34-48(52)40-23-31-44(32-24-40)56-36-10-8-6-4-2/h11-34H,3-10,35-36H2,1-2H3/b33-15+,34-16+. The Bertz CT molecular complexity index is 1970. The van der Waals surface area contributed by atoms with Crippen molar-refractivity contribution in [3.63, 3.8) is 0 Å². The molecule has 0 bridgehead atoms. The predicted octanol–water partition coefficient (Wildman–Crippen LogP) is 11.8. The van der Waals surface area contributed by atoms with Crippen molar-refractivity contribution in [1.82, 2.24) is 0 Å². The van der Waals surface area contributed by atoms with Crippen LogP contribution in [0.3, 0.4) is 0 Å². The summed E-state index contributed by atoms with van der Waals surface area (Å²) in [5.74, 6) is 0.708. The van der Waals surface area contributed by atoms with Gasteiger partial charge in [-0.25, -0.2) is 9.59 Å². The summed E-state index contributed by atoms with van der Waals surface area (Å²) in [5.41, 5.74) is 3.16. The van der Waals surface area contributed by atoms with E-state index in [1.165, 1.54) is 62.1 Å². The molecule has 0 heterocycles. The molecule has 0 aromatic heterocycles.